The molecule has 0 atom stereocenters. The summed E-state index contributed by atoms with van der Waals surface area (Å²) in [5.74, 6) is 0.220. The number of hydrogen-bond acceptors (Lipinski definition) is 1. The third-order valence-corrected chi connectivity index (χ3v) is 11.3. The second-order valence-electron chi connectivity index (χ2n) is 9.52. The minimum absolute atomic E-state index is 0.247. The molecule has 0 aliphatic rings. The lowest BCUT2D eigenvalue weighted by molar-refractivity contribution is -0.137. The SMILES string of the molecule is Fc1ccc(OCCc2ccc(C(F)(F)F)cc2)c(C[P+](c2ccccc2)(c2ccccc2)c2ccccc2)c1. The largest absolute Gasteiger partial charge is 0.493 e. The number of hydrogen-bond donors (Lipinski definition) is 0. The van der Waals surface area contributed by atoms with Gasteiger partial charge < -0.3 is 4.74 Å². The summed E-state index contributed by atoms with van der Waals surface area (Å²) in [6.45, 7) is 0.247. The van der Waals surface area contributed by atoms with Crippen molar-refractivity contribution in [3.8, 4) is 5.75 Å². The molecule has 5 aromatic rings. The van der Waals surface area contributed by atoms with Crippen molar-refractivity contribution >= 4 is 23.2 Å². The molecule has 1 nitrogen and oxygen atoms in total. The molecule has 0 radical (unpaired) electrons. The normalized spacial score (nSPS) is 11.8. The Morgan fingerprint density at radius 1 is 0.600 bits per heavy atom. The van der Waals surface area contributed by atoms with E-state index < -0.39 is 19.0 Å². The smallest absolute Gasteiger partial charge is 0.416 e. The van der Waals surface area contributed by atoms with Crippen molar-refractivity contribution in [1.29, 1.82) is 0 Å². The van der Waals surface area contributed by atoms with Gasteiger partial charge in [-0.05, 0) is 72.3 Å². The molecule has 0 aliphatic heterocycles. The van der Waals surface area contributed by atoms with Crippen molar-refractivity contribution in [3.05, 3.63) is 156 Å². The van der Waals surface area contributed by atoms with Gasteiger partial charge in [-0.3, -0.25) is 0 Å². The van der Waals surface area contributed by atoms with E-state index in [1.165, 1.54) is 40.2 Å². The molecule has 0 unspecified atom stereocenters. The van der Waals surface area contributed by atoms with Crippen LogP contribution in [0.2, 0.25) is 0 Å². The van der Waals surface area contributed by atoms with E-state index in [0.29, 0.717) is 18.3 Å². The van der Waals surface area contributed by atoms with Crippen molar-refractivity contribution in [1.82, 2.24) is 0 Å². The van der Waals surface area contributed by atoms with Gasteiger partial charge in [0, 0.05) is 12.0 Å². The van der Waals surface area contributed by atoms with Crippen LogP contribution in [0.25, 0.3) is 0 Å². The van der Waals surface area contributed by atoms with E-state index in [1.807, 2.05) is 54.6 Å². The predicted molar refractivity (Wildman–Crippen MR) is 156 cm³/mol. The Balaban J connectivity index is 1.50. The first-order chi connectivity index (χ1) is 19.4. The summed E-state index contributed by atoms with van der Waals surface area (Å²) in [6.07, 6.45) is -3.41. The van der Waals surface area contributed by atoms with Crippen LogP contribution in [-0.2, 0) is 18.8 Å². The summed E-state index contributed by atoms with van der Waals surface area (Å²) < 4.78 is 59.7. The van der Waals surface area contributed by atoms with E-state index >= 15 is 0 Å². The Labute approximate surface area is 232 Å². The fourth-order valence-corrected chi connectivity index (χ4v) is 9.22. The van der Waals surface area contributed by atoms with Gasteiger partial charge in [0.2, 0.25) is 0 Å². The molecule has 0 saturated carbocycles. The van der Waals surface area contributed by atoms with Crippen molar-refractivity contribution in [3.63, 3.8) is 0 Å². The quantitative estimate of drug-likeness (QED) is 0.132. The molecule has 0 fully saturated rings. The lowest BCUT2D eigenvalue weighted by Crippen LogP contribution is -2.32. The van der Waals surface area contributed by atoms with Crippen LogP contribution in [0.3, 0.4) is 0 Å². The molecule has 0 N–H and O–H groups in total. The molecule has 0 saturated heterocycles. The fourth-order valence-electron chi connectivity index (χ4n) is 4.98. The van der Waals surface area contributed by atoms with E-state index in [4.69, 9.17) is 4.74 Å². The number of alkyl halides is 3. The molecule has 0 aromatic heterocycles. The van der Waals surface area contributed by atoms with Gasteiger partial charge >= 0.3 is 6.18 Å². The van der Waals surface area contributed by atoms with Crippen molar-refractivity contribution < 1.29 is 22.3 Å². The maximum atomic E-state index is 14.7. The van der Waals surface area contributed by atoms with E-state index in [0.717, 1.165) is 23.3 Å². The zero-order chi connectivity index (χ0) is 28.0. The summed E-state index contributed by atoms with van der Waals surface area (Å²) >= 11 is 0. The lowest BCUT2D eigenvalue weighted by Gasteiger charge is -2.28. The standard InChI is InChI=1S/C34H28F4OP/c35-29-20-21-33(39-23-22-26-16-18-28(19-17-26)34(36,37)38)27(24-29)25-40(30-10-4-1-5-11-30,31-12-6-2-7-13-31)32-14-8-3-9-15-32/h1-21,24H,22-23,25H2/q+1. The molecule has 202 valence electrons. The highest BCUT2D eigenvalue weighted by Crippen LogP contribution is 2.59. The van der Waals surface area contributed by atoms with Crippen LogP contribution in [0.1, 0.15) is 16.7 Å². The highest BCUT2D eigenvalue weighted by atomic mass is 31.2. The Morgan fingerprint density at radius 3 is 1.57 bits per heavy atom. The number of benzene rings is 5. The van der Waals surface area contributed by atoms with Gasteiger partial charge in [-0.1, -0.05) is 66.7 Å². The second-order valence-corrected chi connectivity index (χ2v) is 13.0. The van der Waals surface area contributed by atoms with Gasteiger partial charge in [-0.15, -0.1) is 0 Å². The van der Waals surface area contributed by atoms with Gasteiger partial charge in [0.15, 0.2) is 0 Å². The third kappa shape index (κ3) is 6.11. The number of halogens is 4. The van der Waals surface area contributed by atoms with Crippen molar-refractivity contribution in [2.24, 2.45) is 0 Å². The summed E-state index contributed by atoms with van der Waals surface area (Å²) in [7, 11) is -2.29. The molecule has 0 spiro atoms. The van der Waals surface area contributed by atoms with E-state index in [-0.39, 0.29) is 12.4 Å². The van der Waals surface area contributed by atoms with Gasteiger partial charge in [0.1, 0.15) is 40.9 Å². The number of rotatable bonds is 9. The van der Waals surface area contributed by atoms with Crippen LogP contribution >= 0.6 is 7.26 Å². The van der Waals surface area contributed by atoms with Crippen molar-refractivity contribution in [2.45, 2.75) is 18.8 Å². The van der Waals surface area contributed by atoms with Crippen LogP contribution in [0.5, 0.6) is 5.75 Å². The second kappa shape index (κ2) is 12.1. The topological polar surface area (TPSA) is 9.23 Å². The van der Waals surface area contributed by atoms with E-state index in [2.05, 4.69) is 36.4 Å². The van der Waals surface area contributed by atoms with Gasteiger partial charge in [-0.25, -0.2) is 4.39 Å². The van der Waals surface area contributed by atoms with Crippen LogP contribution < -0.4 is 20.7 Å². The van der Waals surface area contributed by atoms with Crippen molar-refractivity contribution in [2.75, 3.05) is 6.61 Å². The van der Waals surface area contributed by atoms with Crippen LogP contribution in [-0.4, -0.2) is 6.61 Å². The zero-order valence-corrected chi connectivity index (χ0v) is 22.6. The zero-order valence-electron chi connectivity index (χ0n) is 21.7. The summed E-state index contributed by atoms with van der Waals surface area (Å²) in [5.41, 5.74) is 0.801. The fraction of sp³-hybridized carbons (Fsp3) is 0.118. The third-order valence-electron chi connectivity index (χ3n) is 6.95. The monoisotopic (exact) mass is 559 g/mol. The summed E-state index contributed by atoms with van der Waals surface area (Å²) in [6, 6.07) is 40.6. The van der Waals surface area contributed by atoms with Crippen LogP contribution in [0, 0.1) is 5.82 Å². The maximum absolute atomic E-state index is 14.7. The Morgan fingerprint density at radius 2 is 1.10 bits per heavy atom. The van der Waals surface area contributed by atoms with Gasteiger partial charge in [-0.2, -0.15) is 13.2 Å². The lowest BCUT2D eigenvalue weighted by atomic mass is 10.1. The predicted octanol–water partition coefficient (Wildman–Crippen LogP) is 7.96. The first kappa shape index (κ1) is 27.6. The summed E-state index contributed by atoms with van der Waals surface area (Å²) in [4.78, 5) is 0. The molecule has 0 aliphatic carbocycles. The summed E-state index contributed by atoms with van der Waals surface area (Å²) in [5, 5.41) is 3.52. The molecule has 0 amide bonds. The average molecular weight is 560 g/mol. The van der Waals surface area contributed by atoms with Gasteiger partial charge in [0.05, 0.1) is 12.2 Å². The Kier molecular flexibility index (Phi) is 8.32. The van der Waals surface area contributed by atoms with Crippen LogP contribution in [0.4, 0.5) is 17.6 Å². The average Bonchev–Trinajstić information content (AvgIpc) is 2.98. The van der Waals surface area contributed by atoms with E-state index in [1.54, 1.807) is 6.07 Å². The minimum atomic E-state index is -4.37. The molecular weight excluding hydrogens is 531 g/mol. The molecular formula is C34H28F4OP+. The highest BCUT2D eigenvalue weighted by molar-refractivity contribution is 7.95. The molecule has 40 heavy (non-hydrogen) atoms. The minimum Gasteiger partial charge on any atom is -0.493 e. The Bertz CT molecular complexity index is 1420. The first-order valence-corrected chi connectivity index (χ1v) is 15.0. The molecule has 5 rings (SSSR count). The van der Waals surface area contributed by atoms with Crippen LogP contribution in [0.15, 0.2) is 133 Å². The van der Waals surface area contributed by atoms with Gasteiger partial charge in [0.25, 0.3) is 0 Å². The molecule has 5 aromatic carbocycles. The highest BCUT2D eigenvalue weighted by Gasteiger charge is 2.46. The first-order valence-electron chi connectivity index (χ1n) is 13.0. The maximum Gasteiger partial charge on any atom is 0.416 e. The Hall–Kier alpha value is -3.95. The molecule has 0 bridgehead atoms. The molecule has 6 heteroatoms. The van der Waals surface area contributed by atoms with E-state index in [9.17, 15) is 17.6 Å². The number of ether oxygens (including phenoxy) is 1. The molecule has 0 heterocycles.